The summed E-state index contributed by atoms with van der Waals surface area (Å²) in [7, 11) is 3.58. The lowest BCUT2D eigenvalue weighted by Gasteiger charge is -2.25. The van der Waals surface area contributed by atoms with Gasteiger partial charge in [0, 0.05) is 17.1 Å². The number of benzene rings is 1. The number of carbonyl (C=O) groups is 1. The van der Waals surface area contributed by atoms with Crippen molar-refractivity contribution in [1.29, 1.82) is 0 Å². The molecular formula is C17H25BrN2O3. The molecule has 0 aliphatic carbocycles. The summed E-state index contributed by atoms with van der Waals surface area (Å²) in [6.45, 7) is 3.07. The fourth-order valence-corrected chi connectivity index (χ4v) is 3.59. The lowest BCUT2D eigenvalue weighted by atomic mass is 10.1. The molecule has 1 aliphatic rings. The third-order valence-electron chi connectivity index (χ3n) is 4.45. The van der Waals surface area contributed by atoms with E-state index in [0.717, 1.165) is 49.1 Å². The van der Waals surface area contributed by atoms with Crippen molar-refractivity contribution in [2.45, 2.75) is 31.8 Å². The first-order valence-electron chi connectivity index (χ1n) is 7.96. The average molecular weight is 385 g/mol. The van der Waals surface area contributed by atoms with Crippen molar-refractivity contribution in [2.24, 2.45) is 0 Å². The number of carboxylic acids is 1. The fraction of sp³-hybridized carbons (Fsp3) is 0.588. The van der Waals surface area contributed by atoms with Crippen LogP contribution in [0, 0.1) is 0 Å². The molecule has 0 radical (unpaired) electrons. The van der Waals surface area contributed by atoms with Crippen molar-refractivity contribution in [3.63, 3.8) is 0 Å². The smallest absolute Gasteiger partial charge is 0.317 e. The van der Waals surface area contributed by atoms with Crippen molar-refractivity contribution in [1.82, 2.24) is 9.80 Å². The minimum Gasteiger partial charge on any atom is -0.497 e. The molecule has 0 aromatic heterocycles. The van der Waals surface area contributed by atoms with Crippen LogP contribution in [0.1, 0.15) is 24.8 Å². The highest BCUT2D eigenvalue weighted by Gasteiger charge is 2.22. The van der Waals surface area contributed by atoms with Crippen LogP contribution in [0.15, 0.2) is 22.7 Å². The predicted molar refractivity (Wildman–Crippen MR) is 93.9 cm³/mol. The van der Waals surface area contributed by atoms with Crippen LogP contribution in [0.2, 0.25) is 0 Å². The van der Waals surface area contributed by atoms with Crippen LogP contribution in [0.3, 0.4) is 0 Å². The van der Waals surface area contributed by atoms with Crippen molar-refractivity contribution in [3.05, 3.63) is 28.2 Å². The molecule has 5 nitrogen and oxygen atoms in total. The Bertz CT molecular complexity index is 539. The number of hydrogen-bond acceptors (Lipinski definition) is 4. The Kier molecular flexibility index (Phi) is 6.87. The van der Waals surface area contributed by atoms with Gasteiger partial charge in [-0.25, -0.2) is 0 Å². The fourth-order valence-electron chi connectivity index (χ4n) is 3.10. The van der Waals surface area contributed by atoms with Crippen molar-refractivity contribution >= 4 is 21.9 Å². The summed E-state index contributed by atoms with van der Waals surface area (Å²) in [5.41, 5.74) is 1.25. The molecule has 1 atom stereocenters. The Hall–Kier alpha value is -1.11. The summed E-state index contributed by atoms with van der Waals surface area (Å²) in [5.74, 6) is 0.0996. The summed E-state index contributed by atoms with van der Waals surface area (Å²) in [6.07, 6.45) is 3.17. The first-order chi connectivity index (χ1) is 11.0. The predicted octanol–water partition coefficient (Wildman–Crippen LogP) is 2.83. The van der Waals surface area contributed by atoms with E-state index in [4.69, 9.17) is 9.84 Å². The molecular weight excluding hydrogens is 360 g/mol. The molecule has 1 aromatic rings. The number of halogens is 1. The van der Waals surface area contributed by atoms with Gasteiger partial charge in [0.25, 0.3) is 0 Å². The van der Waals surface area contributed by atoms with Crippen molar-refractivity contribution in [3.8, 4) is 5.75 Å². The maximum absolute atomic E-state index is 10.9. The molecule has 2 rings (SSSR count). The van der Waals surface area contributed by atoms with E-state index in [2.05, 4.69) is 26.9 Å². The normalized spacial score (nSPS) is 19.6. The second kappa shape index (κ2) is 8.66. The molecule has 6 heteroatoms. The summed E-state index contributed by atoms with van der Waals surface area (Å²) < 4.78 is 6.31. The second-order valence-corrected chi connectivity index (χ2v) is 6.98. The number of nitrogens with zero attached hydrogens (tertiary/aromatic N) is 2. The highest BCUT2D eigenvalue weighted by molar-refractivity contribution is 9.10. The topological polar surface area (TPSA) is 53.0 Å². The number of methoxy groups -OCH3 is 1. The summed E-state index contributed by atoms with van der Waals surface area (Å²) in [5, 5.41) is 8.94. The summed E-state index contributed by atoms with van der Waals surface area (Å²) in [6, 6.07) is 6.44. The van der Waals surface area contributed by atoms with Gasteiger partial charge in [0.15, 0.2) is 0 Å². The Balaban J connectivity index is 1.92. The standard InChI is InChI=1S/C17H25BrN2O3/c1-19(12-17(21)22)14-4-3-8-20(9-7-14)11-13-5-6-15(23-2)10-16(13)18/h5-6,10,14H,3-4,7-9,11-12H2,1-2H3,(H,21,22). The van der Waals surface area contributed by atoms with Crippen LogP contribution in [-0.4, -0.2) is 60.7 Å². The molecule has 1 heterocycles. The molecule has 1 aromatic carbocycles. The molecule has 1 N–H and O–H groups in total. The third kappa shape index (κ3) is 5.48. The van der Waals surface area contributed by atoms with Crippen LogP contribution < -0.4 is 4.74 Å². The van der Waals surface area contributed by atoms with Gasteiger partial charge in [0.1, 0.15) is 5.75 Å². The number of likely N-dealkylation sites (tertiary alicyclic amines) is 1. The first kappa shape index (κ1) is 18.2. The van der Waals surface area contributed by atoms with Gasteiger partial charge in [-0.2, -0.15) is 0 Å². The van der Waals surface area contributed by atoms with E-state index in [1.54, 1.807) is 7.11 Å². The zero-order valence-corrected chi connectivity index (χ0v) is 15.4. The molecule has 0 spiro atoms. The largest absolute Gasteiger partial charge is 0.497 e. The van der Waals surface area contributed by atoms with Gasteiger partial charge in [-0.15, -0.1) is 0 Å². The second-order valence-electron chi connectivity index (χ2n) is 6.13. The minimum absolute atomic E-state index is 0.120. The van der Waals surface area contributed by atoms with Crippen LogP contribution in [-0.2, 0) is 11.3 Å². The molecule has 0 bridgehead atoms. The SMILES string of the molecule is COc1ccc(CN2CCCC(N(C)CC(=O)O)CC2)c(Br)c1. The molecule has 1 unspecified atom stereocenters. The van der Waals surface area contributed by atoms with Gasteiger partial charge in [-0.3, -0.25) is 14.6 Å². The number of hydrogen-bond donors (Lipinski definition) is 1. The van der Waals surface area contributed by atoms with E-state index >= 15 is 0 Å². The number of carboxylic acid groups (broad SMARTS) is 1. The van der Waals surface area contributed by atoms with E-state index in [9.17, 15) is 4.79 Å². The lowest BCUT2D eigenvalue weighted by molar-refractivity contribution is -0.138. The Morgan fingerprint density at radius 2 is 2.22 bits per heavy atom. The van der Waals surface area contributed by atoms with E-state index < -0.39 is 5.97 Å². The van der Waals surface area contributed by atoms with Crippen molar-refractivity contribution in [2.75, 3.05) is 33.8 Å². The molecule has 0 saturated carbocycles. The number of rotatable bonds is 6. The monoisotopic (exact) mass is 384 g/mol. The number of ether oxygens (including phenoxy) is 1. The average Bonchev–Trinajstić information content (AvgIpc) is 2.74. The molecule has 0 amide bonds. The third-order valence-corrected chi connectivity index (χ3v) is 5.19. The highest BCUT2D eigenvalue weighted by atomic mass is 79.9. The Morgan fingerprint density at radius 1 is 1.43 bits per heavy atom. The van der Waals surface area contributed by atoms with Gasteiger partial charge < -0.3 is 9.84 Å². The lowest BCUT2D eigenvalue weighted by Crippen LogP contribution is -2.36. The van der Waals surface area contributed by atoms with E-state index in [-0.39, 0.29) is 6.54 Å². The Morgan fingerprint density at radius 3 is 2.87 bits per heavy atom. The summed E-state index contributed by atoms with van der Waals surface area (Å²) in [4.78, 5) is 15.3. The number of likely N-dealkylation sites (N-methyl/N-ethyl adjacent to an activating group) is 1. The summed E-state index contributed by atoms with van der Waals surface area (Å²) >= 11 is 3.62. The highest BCUT2D eigenvalue weighted by Crippen LogP contribution is 2.25. The van der Waals surface area contributed by atoms with Crippen molar-refractivity contribution < 1.29 is 14.6 Å². The van der Waals surface area contributed by atoms with Gasteiger partial charge in [0.05, 0.1) is 13.7 Å². The van der Waals surface area contributed by atoms with Gasteiger partial charge in [-0.1, -0.05) is 22.0 Å². The van der Waals surface area contributed by atoms with Crippen LogP contribution in [0.4, 0.5) is 0 Å². The zero-order chi connectivity index (χ0) is 16.8. The first-order valence-corrected chi connectivity index (χ1v) is 8.75. The number of aliphatic carboxylic acids is 1. The van der Waals surface area contributed by atoms with E-state index in [1.807, 2.05) is 24.1 Å². The van der Waals surface area contributed by atoms with Crippen LogP contribution in [0.25, 0.3) is 0 Å². The molecule has 23 heavy (non-hydrogen) atoms. The maximum atomic E-state index is 10.9. The Labute approximate surface area is 146 Å². The molecule has 1 fully saturated rings. The molecule has 128 valence electrons. The van der Waals surface area contributed by atoms with Gasteiger partial charge in [-0.05, 0) is 57.1 Å². The molecule has 1 aliphatic heterocycles. The van der Waals surface area contributed by atoms with Gasteiger partial charge in [0.2, 0.25) is 0 Å². The van der Waals surface area contributed by atoms with Crippen LogP contribution >= 0.6 is 15.9 Å². The molecule has 1 saturated heterocycles. The maximum Gasteiger partial charge on any atom is 0.317 e. The van der Waals surface area contributed by atoms with E-state index in [0.29, 0.717) is 6.04 Å². The minimum atomic E-state index is -0.754. The van der Waals surface area contributed by atoms with Crippen LogP contribution in [0.5, 0.6) is 5.75 Å². The quantitative estimate of drug-likeness (QED) is 0.816. The van der Waals surface area contributed by atoms with E-state index in [1.165, 1.54) is 5.56 Å². The van der Waals surface area contributed by atoms with Gasteiger partial charge >= 0.3 is 5.97 Å². The zero-order valence-electron chi connectivity index (χ0n) is 13.8.